The van der Waals surface area contributed by atoms with Crippen molar-refractivity contribution in [2.45, 2.75) is 25.3 Å². The predicted octanol–water partition coefficient (Wildman–Crippen LogP) is 2.50. The Hall–Kier alpha value is -2.14. The summed E-state index contributed by atoms with van der Waals surface area (Å²) in [6.07, 6.45) is 6.22. The predicted molar refractivity (Wildman–Crippen MR) is 83.9 cm³/mol. The van der Waals surface area contributed by atoms with Crippen LogP contribution in [0, 0.1) is 0 Å². The van der Waals surface area contributed by atoms with Gasteiger partial charge in [0, 0.05) is 31.9 Å². The molecule has 0 unspecified atom stereocenters. The number of aromatic carboxylic acids is 1. The molecule has 0 spiro atoms. The summed E-state index contributed by atoms with van der Waals surface area (Å²) in [5.41, 5.74) is 2.74. The van der Waals surface area contributed by atoms with E-state index in [0.29, 0.717) is 11.5 Å². The Balaban J connectivity index is 1.70. The molecule has 1 fully saturated rings. The number of aryl methyl sites for hydroxylation is 1. The fraction of sp³-hybridized carbons (Fsp3) is 0.412. The van der Waals surface area contributed by atoms with E-state index in [1.807, 2.05) is 36.1 Å². The number of benzene rings is 1. The van der Waals surface area contributed by atoms with Crippen molar-refractivity contribution < 1.29 is 9.90 Å². The highest BCUT2D eigenvalue weighted by atomic mass is 16.4. The second kappa shape index (κ2) is 6.32. The molecule has 5 heteroatoms. The van der Waals surface area contributed by atoms with Crippen molar-refractivity contribution in [3.63, 3.8) is 0 Å². The summed E-state index contributed by atoms with van der Waals surface area (Å²) < 4.78 is 1.83. The highest BCUT2D eigenvalue weighted by Gasteiger charge is 2.22. The summed E-state index contributed by atoms with van der Waals surface area (Å²) in [6, 6.07) is 7.37. The van der Waals surface area contributed by atoms with Gasteiger partial charge < -0.3 is 5.11 Å². The molecule has 0 saturated carbocycles. The van der Waals surface area contributed by atoms with E-state index in [2.05, 4.69) is 16.2 Å². The zero-order valence-electron chi connectivity index (χ0n) is 12.8. The third kappa shape index (κ3) is 3.36. The number of aromatic nitrogens is 2. The van der Waals surface area contributed by atoms with E-state index in [1.165, 1.54) is 5.56 Å². The van der Waals surface area contributed by atoms with Crippen LogP contribution < -0.4 is 0 Å². The van der Waals surface area contributed by atoms with Gasteiger partial charge in [-0.25, -0.2) is 4.79 Å². The molecule has 116 valence electrons. The van der Waals surface area contributed by atoms with Gasteiger partial charge in [-0.05, 0) is 43.0 Å². The SMILES string of the molecule is Cn1cc(CN2CCC[C@H](c3cccc(C(=O)O)c3)C2)cn1. The van der Waals surface area contributed by atoms with Gasteiger partial charge in [-0.2, -0.15) is 5.10 Å². The third-order valence-electron chi connectivity index (χ3n) is 4.28. The van der Waals surface area contributed by atoms with E-state index in [-0.39, 0.29) is 0 Å². The maximum atomic E-state index is 11.1. The molecule has 22 heavy (non-hydrogen) atoms. The summed E-state index contributed by atoms with van der Waals surface area (Å²) in [7, 11) is 1.93. The van der Waals surface area contributed by atoms with E-state index in [1.54, 1.807) is 6.07 Å². The quantitative estimate of drug-likeness (QED) is 0.942. The van der Waals surface area contributed by atoms with Crippen LogP contribution in [0.2, 0.25) is 0 Å². The fourth-order valence-electron chi connectivity index (χ4n) is 3.21. The zero-order chi connectivity index (χ0) is 15.5. The Morgan fingerprint density at radius 3 is 3.05 bits per heavy atom. The van der Waals surface area contributed by atoms with Gasteiger partial charge in [0.1, 0.15) is 0 Å². The summed E-state index contributed by atoms with van der Waals surface area (Å²) in [4.78, 5) is 13.6. The highest BCUT2D eigenvalue weighted by Crippen LogP contribution is 2.28. The average molecular weight is 299 g/mol. The number of rotatable bonds is 4. The highest BCUT2D eigenvalue weighted by molar-refractivity contribution is 5.87. The zero-order valence-corrected chi connectivity index (χ0v) is 12.8. The van der Waals surface area contributed by atoms with Gasteiger partial charge in [-0.15, -0.1) is 0 Å². The number of hydrogen-bond acceptors (Lipinski definition) is 3. The molecule has 1 aromatic carbocycles. The third-order valence-corrected chi connectivity index (χ3v) is 4.28. The first-order valence-electron chi connectivity index (χ1n) is 7.65. The molecule has 0 aliphatic carbocycles. The maximum Gasteiger partial charge on any atom is 0.335 e. The molecule has 2 aromatic rings. The lowest BCUT2D eigenvalue weighted by molar-refractivity contribution is 0.0696. The number of piperidine rings is 1. The molecule has 2 heterocycles. The average Bonchev–Trinajstić information content (AvgIpc) is 2.93. The van der Waals surface area contributed by atoms with Gasteiger partial charge in [0.15, 0.2) is 0 Å². The van der Waals surface area contributed by atoms with Crippen molar-refractivity contribution in [2.24, 2.45) is 7.05 Å². The monoisotopic (exact) mass is 299 g/mol. The Kier molecular flexibility index (Phi) is 4.24. The van der Waals surface area contributed by atoms with E-state index >= 15 is 0 Å². The molecule has 1 aliphatic rings. The molecule has 0 radical (unpaired) electrons. The Bertz CT molecular complexity index is 665. The van der Waals surface area contributed by atoms with E-state index < -0.39 is 5.97 Å². The normalized spacial score (nSPS) is 19.2. The molecule has 5 nitrogen and oxygen atoms in total. The van der Waals surface area contributed by atoms with Crippen LogP contribution >= 0.6 is 0 Å². The minimum atomic E-state index is -0.857. The molecule has 3 rings (SSSR count). The number of carboxylic acids is 1. The van der Waals surface area contributed by atoms with Crippen LogP contribution in [0.5, 0.6) is 0 Å². The van der Waals surface area contributed by atoms with Crippen LogP contribution in [0.25, 0.3) is 0 Å². The summed E-state index contributed by atoms with van der Waals surface area (Å²) >= 11 is 0. The molecule has 1 N–H and O–H groups in total. The summed E-state index contributed by atoms with van der Waals surface area (Å²) in [5.74, 6) is -0.449. The minimum absolute atomic E-state index is 0.377. The second-order valence-electron chi connectivity index (χ2n) is 6.03. The van der Waals surface area contributed by atoms with Gasteiger partial charge in [0.25, 0.3) is 0 Å². The second-order valence-corrected chi connectivity index (χ2v) is 6.03. The van der Waals surface area contributed by atoms with Crippen LogP contribution in [-0.4, -0.2) is 38.8 Å². The lowest BCUT2D eigenvalue weighted by atomic mass is 9.89. The van der Waals surface area contributed by atoms with Gasteiger partial charge in [-0.3, -0.25) is 9.58 Å². The standard InChI is InChI=1S/C17H21N3O2/c1-19-10-13(9-18-19)11-20-7-3-6-16(12-20)14-4-2-5-15(8-14)17(21)22/h2,4-5,8-10,16H,3,6-7,11-12H2,1H3,(H,21,22)/t16-/m0/s1. The molecular weight excluding hydrogens is 278 g/mol. The van der Waals surface area contributed by atoms with Gasteiger partial charge in [0.05, 0.1) is 11.8 Å². The molecular formula is C17H21N3O2. The van der Waals surface area contributed by atoms with Crippen molar-refractivity contribution >= 4 is 5.97 Å². The van der Waals surface area contributed by atoms with E-state index in [9.17, 15) is 4.79 Å². The van der Waals surface area contributed by atoms with Crippen LogP contribution in [0.3, 0.4) is 0 Å². The largest absolute Gasteiger partial charge is 0.478 e. The van der Waals surface area contributed by atoms with Crippen molar-refractivity contribution in [3.8, 4) is 0 Å². The summed E-state index contributed by atoms with van der Waals surface area (Å²) in [6.45, 7) is 2.96. The van der Waals surface area contributed by atoms with Gasteiger partial charge in [0.2, 0.25) is 0 Å². The maximum absolute atomic E-state index is 11.1. The topological polar surface area (TPSA) is 58.4 Å². The van der Waals surface area contributed by atoms with Crippen molar-refractivity contribution in [2.75, 3.05) is 13.1 Å². The Morgan fingerprint density at radius 1 is 1.45 bits per heavy atom. The van der Waals surface area contributed by atoms with Crippen LogP contribution in [0.1, 0.15) is 40.2 Å². The van der Waals surface area contributed by atoms with E-state index in [0.717, 1.165) is 38.0 Å². The van der Waals surface area contributed by atoms with Crippen LogP contribution in [0.4, 0.5) is 0 Å². The van der Waals surface area contributed by atoms with Crippen molar-refractivity contribution in [3.05, 3.63) is 53.3 Å². The van der Waals surface area contributed by atoms with Crippen molar-refractivity contribution in [1.29, 1.82) is 0 Å². The number of carbonyl (C=O) groups is 1. The number of carboxylic acid groups (broad SMARTS) is 1. The smallest absolute Gasteiger partial charge is 0.335 e. The molecule has 1 saturated heterocycles. The Labute approximate surface area is 130 Å². The minimum Gasteiger partial charge on any atom is -0.478 e. The first kappa shape index (κ1) is 14.8. The molecule has 1 aromatic heterocycles. The first-order chi connectivity index (χ1) is 10.6. The number of hydrogen-bond donors (Lipinski definition) is 1. The van der Waals surface area contributed by atoms with Gasteiger partial charge in [-0.1, -0.05) is 12.1 Å². The van der Waals surface area contributed by atoms with Gasteiger partial charge >= 0.3 is 5.97 Å². The van der Waals surface area contributed by atoms with E-state index in [4.69, 9.17) is 5.11 Å². The first-order valence-corrected chi connectivity index (χ1v) is 7.65. The molecule has 1 aliphatic heterocycles. The summed E-state index contributed by atoms with van der Waals surface area (Å²) in [5, 5.41) is 13.4. The lowest BCUT2D eigenvalue weighted by Gasteiger charge is -2.32. The molecule has 0 amide bonds. The fourth-order valence-corrected chi connectivity index (χ4v) is 3.21. The van der Waals surface area contributed by atoms with Crippen molar-refractivity contribution in [1.82, 2.24) is 14.7 Å². The molecule has 0 bridgehead atoms. The Morgan fingerprint density at radius 2 is 2.32 bits per heavy atom. The van der Waals surface area contributed by atoms with Crippen LogP contribution in [0.15, 0.2) is 36.7 Å². The lowest BCUT2D eigenvalue weighted by Crippen LogP contribution is -2.33. The number of likely N-dealkylation sites (tertiary alicyclic amines) is 1. The number of nitrogens with zero attached hydrogens (tertiary/aromatic N) is 3. The van der Waals surface area contributed by atoms with Crippen LogP contribution in [-0.2, 0) is 13.6 Å². The molecule has 1 atom stereocenters.